The fraction of sp³-hybridized carbons (Fsp3) is 0.650. The van der Waals surface area contributed by atoms with Gasteiger partial charge in [-0.3, -0.25) is 14.6 Å². The van der Waals surface area contributed by atoms with Gasteiger partial charge in [0.05, 0.1) is 27.9 Å². The zero-order valence-corrected chi connectivity index (χ0v) is 17.0. The minimum absolute atomic E-state index is 0.124. The number of methoxy groups -OCH3 is 3. The second kappa shape index (κ2) is 11.0. The molecular formula is C20H33N3O4. The number of nitrogens with one attached hydrogen (secondary N) is 1. The van der Waals surface area contributed by atoms with Crippen molar-refractivity contribution in [3.05, 3.63) is 17.7 Å². The summed E-state index contributed by atoms with van der Waals surface area (Å²) in [6.07, 6.45) is 2.13. The van der Waals surface area contributed by atoms with Crippen molar-refractivity contribution < 1.29 is 19.0 Å². The zero-order chi connectivity index (χ0) is 19.6. The lowest BCUT2D eigenvalue weighted by molar-refractivity contribution is -0.122. The Balaban J connectivity index is 1.88. The van der Waals surface area contributed by atoms with E-state index in [1.165, 1.54) is 0 Å². The number of benzene rings is 1. The molecule has 1 heterocycles. The van der Waals surface area contributed by atoms with Gasteiger partial charge in [-0.1, -0.05) is 19.4 Å². The number of rotatable bonds is 10. The number of hydrogen-bond acceptors (Lipinski definition) is 6. The van der Waals surface area contributed by atoms with Crippen LogP contribution in [0, 0.1) is 0 Å². The Morgan fingerprint density at radius 3 is 2.26 bits per heavy atom. The van der Waals surface area contributed by atoms with Crippen molar-refractivity contribution in [3.63, 3.8) is 0 Å². The van der Waals surface area contributed by atoms with Crippen LogP contribution in [-0.4, -0.2) is 76.3 Å². The third-order valence-corrected chi connectivity index (χ3v) is 4.86. The molecule has 0 radical (unpaired) electrons. The van der Waals surface area contributed by atoms with Gasteiger partial charge in [-0.15, -0.1) is 0 Å². The van der Waals surface area contributed by atoms with Crippen molar-refractivity contribution in [1.29, 1.82) is 0 Å². The van der Waals surface area contributed by atoms with Crippen molar-refractivity contribution in [2.75, 3.05) is 60.6 Å². The van der Waals surface area contributed by atoms with Gasteiger partial charge >= 0.3 is 0 Å². The number of nitrogens with zero attached hydrogens (tertiary/aromatic N) is 2. The van der Waals surface area contributed by atoms with Crippen LogP contribution in [0.2, 0.25) is 0 Å². The summed E-state index contributed by atoms with van der Waals surface area (Å²) in [5, 5.41) is 2.98. The number of unbranched alkanes of at least 4 members (excludes halogenated alkanes) is 1. The van der Waals surface area contributed by atoms with Crippen molar-refractivity contribution in [3.8, 4) is 17.2 Å². The Kier molecular flexibility index (Phi) is 8.67. The topological polar surface area (TPSA) is 63.3 Å². The Hall–Kier alpha value is -1.99. The third kappa shape index (κ3) is 6.01. The highest BCUT2D eigenvalue weighted by molar-refractivity contribution is 5.77. The zero-order valence-electron chi connectivity index (χ0n) is 17.0. The van der Waals surface area contributed by atoms with E-state index in [1.807, 2.05) is 12.1 Å². The maximum Gasteiger partial charge on any atom is 0.234 e. The predicted molar refractivity (Wildman–Crippen MR) is 106 cm³/mol. The highest BCUT2D eigenvalue weighted by Crippen LogP contribution is 2.40. The highest BCUT2D eigenvalue weighted by Gasteiger charge is 2.22. The monoisotopic (exact) mass is 379 g/mol. The molecule has 1 amide bonds. The standard InChI is InChI=1S/C20H33N3O4/c1-5-6-9-21-18(24)15-23-12-10-22(11-13-23)14-16-7-8-17(25-2)20(27-4)19(16)26-3/h7-8H,5-6,9-15H2,1-4H3,(H,21,24). The number of ether oxygens (including phenoxy) is 3. The smallest absolute Gasteiger partial charge is 0.234 e. The molecule has 0 atom stereocenters. The minimum Gasteiger partial charge on any atom is -0.493 e. The van der Waals surface area contributed by atoms with Crippen molar-refractivity contribution in [2.45, 2.75) is 26.3 Å². The quantitative estimate of drug-likeness (QED) is 0.625. The number of amides is 1. The fourth-order valence-corrected chi connectivity index (χ4v) is 3.30. The first-order valence-corrected chi connectivity index (χ1v) is 9.62. The van der Waals surface area contributed by atoms with Crippen LogP contribution in [0.5, 0.6) is 17.2 Å². The Morgan fingerprint density at radius 2 is 1.67 bits per heavy atom. The van der Waals surface area contributed by atoms with Crippen LogP contribution >= 0.6 is 0 Å². The summed E-state index contributed by atoms with van der Waals surface area (Å²) in [4.78, 5) is 16.5. The molecule has 27 heavy (non-hydrogen) atoms. The maximum atomic E-state index is 12.0. The molecule has 1 N–H and O–H groups in total. The summed E-state index contributed by atoms with van der Waals surface area (Å²) < 4.78 is 16.4. The van der Waals surface area contributed by atoms with Crippen LogP contribution in [0.15, 0.2) is 12.1 Å². The summed E-state index contributed by atoms with van der Waals surface area (Å²) in [6.45, 7) is 7.76. The molecule has 0 spiro atoms. The molecule has 0 aromatic heterocycles. The van der Waals surface area contributed by atoms with Crippen LogP contribution in [0.25, 0.3) is 0 Å². The molecule has 0 bridgehead atoms. The molecule has 7 heteroatoms. The van der Waals surface area contributed by atoms with Gasteiger partial charge in [0.1, 0.15) is 0 Å². The lowest BCUT2D eigenvalue weighted by atomic mass is 10.1. The van der Waals surface area contributed by atoms with Gasteiger partial charge in [-0.25, -0.2) is 0 Å². The number of hydrogen-bond donors (Lipinski definition) is 1. The lowest BCUT2D eigenvalue weighted by Crippen LogP contribution is -2.49. The van der Waals surface area contributed by atoms with Gasteiger partial charge in [0.2, 0.25) is 11.7 Å². The Morgan fingerprint density at radius 1 is 1.00 bits per heavy atom. The molecule has 1 aromatic rings. The molecule has 1 aliphatic rings. The fourth-order valence-electron chi connectivity index (χ4n) is 3.30. The lowest BCUT2D eigenvalue weighted by Gasteiger charge is -2.34. The second-order valence-electron chi connectivity index (χ2n) is 6.75. The maximum absolute atomic E-state index is 12.0. The number of carbonyl (C=O) groups excluding carboxylic acids is 1. The molecule has 0 unspecified atom stereocenters. The van der Waals surface area contributed by atoms with Gasteiger partial charge in [0, 0.05) is 44.8 Å². The first-order chi connectivity index (χ1) is 13.1. The first-order valence-electron chi connectivity index (χ1n) is 9.62. The molecular weight excluding hydrogens is 346 g/mol. The SMILES string of the molecule is CCCCNC(=O)CN1CCN(Cc2ccc(OC)c(OC)c2OC)CC1. The predicted octanol–water partition coefficient (Wildman–Crippen LogP) is 1.75. The van der Waals surface area contributed by atoms with E-state index >= 15 is 0 Å². The number of carbonyl (C=O) groups is 1. The summed E-state index contributed by atoms with van der Waals surface area (Å²) in [7, 11) is 4.89. The van der Waals surface area contributed by atoms with E-state index in [4.69, 9.17) is 14.2 Å². The van der Waals surface area contributed by atoms with E-state index in [2.05, 4.69) is 22.0 Å². The van der Waals surface area contributed by atoms with E-state index in [0.717, 1.165) is 63.4 Å². The Labute approximate surface area is 162 Å². The van der Waals surface area contributed by atoms with Gasteiger partial charge in [0.25, 0.3) is 0 Å². The van der Waals surface area contributed by atoms with Gasteiger partial charge in [0.15, 0.2) is 11.5 Å². The van der Waals surface area contributed by atoms with Gasteiger partial charge < -0.3 is 19.5 Å². The van der Waals surface area contributed by atoms with Crippen LogP contribution < -0.4 is 19.5 Å². The van der Waals surface area contributed by atoms with Crippen LogP contribution in [0.3, 0.4) is 0 Å². The first kappa shape index (κ1) is 21.3. The third-order valence-electron chi connectivity index (χ3n) is 4.86. The van der Waals surface area contributed by atoms with E-state index in [1.54, 1.807) is 21.3 Å². The summed E-state index contributed by atoms with van der Waals surface area (Å²) >= 11 is 0. The molecule has 0 saturated carbocycles. The van der Waals surface area contributed by atoms with Gasteiger partial charge in [-0.2, -0.15) is 0 Å². The molecule has 7 nitrogen and oxygen atoms in total. The average Bonchev–Trinajstić information content (AvgIpc) is 2.69. The van der Waals surface area contributed by atoms with E-state index in [-0.39, 0.29) is 5.91 Å². The normalized spacial score (nSPS) is 15.4. The minimum atomic E-state index is 0.124. The summed E-state index contributed by atoms with van der Waals surface area (Å²) in [5.74, 6) is 2.13. The van der Waals surface area contributed by atoms with Crippen molar-refractivity contribution in [2.24, 2.45) is 0 Å². The van der Waals surface area contributed by atoms with Crippen molar-refractivity contribution >= 4 is 5.91 Å². The van der Waals surface area contributed by atoms with Gasteiger partial charge in [-0.05, 0) is 12.5 Å². The van der Waals surface area contributed by atoms with E-state index < -0.39 is 0 Å². The molecule has 1 fully saturated rings. The molecule has 1 saturated heterocycles. The van der Waals surface area contributed by atoms with Crippen LogP contribution in [0.4, 0.5) is 0 Å². The van der Waals surface area contributed by atoms with E-state index in [9.17, 15) is 4.79 Å². The molecule has 1 aromatic carbocycles. The Bertz CT molecular complexity index is 601. The highest BCUT2D eigenvalue weighted by atomic mass is 16.5. The molecule has 152 valence electrons. The molecule has 0 aliphatic carbocycles. The van der Waals surface area contributed by atoms with E-state index in [0.29, 0.717) is 18.0 Å². The summed E-state index contributed by atoms with van der Waals surface area (Å²) in [6, 6.07) is 3.93. The molecule has 2 rings (SSSR count). The average molecular weight is 380 g/mol. The number of piperazine rings is 1. The van der Waals surface area contributed by atoms with Crippen LogP contribution in [-0.2, 0) is 11.3 Å². The van der Waals surface area contributed by atoms with Crippen molar-refractivity contribution in [1.82, 2.24) is 15.1 Å². The molecule has 1 aliphatic heterocycles. The largest absolute Gasteiger partial charge is 0.493 e. The van der Waals surface area contributed by atoms with Crippen LogP contribution in [0.1, 0.15) is 25.3 Å². The second-order valence-corrected chi connectivity index (χ2v) is 6.75. The summed E-state index contributed by atoms with van der Waals surface area (Å²) in [5.41, 5.74) is 1.07.